The minimum atomic E-state index is -1.36. The zero-order valence-electron chi connectivity index (χ0n) is 11.4. The average Bonchev–Trinajstić information content (AvgIpc) is 2.45. The van der Waals surface area contributed by atoms with Gasteiger partial charge in [-0.1, -0.05) is 34.8 Å². The molecule has 1 heterocycles. The molecule has 0 aromatic carbocycles. The van der Waals surface area contributed by atoms with Crippen LogP contribution in [-0.2, 0) is 14.4 Å². The number of aromatic nitrogens is 1. The van der Waals surface area contributed by atoms with E-state index in [4.69, 9.17) is 49.8 Å². The maximum Gasteiger partial charge on any atom is 0.326 e. The van der Waals surface area contributed by atoms with Crippen LogP contribution in [0.25, 0.3) is 0 Å². The third kappa shape index (κ3) is 6.47. The Kier molecular flexibility index (Phi) is 7.34. The van der Waals surface area contributed by atoms with Crippen molar-refractivity contribution < 1.29 is 29.3 Å². The van der Waals surface area contributed by atoms with Crippen molar-refractivity contribution in [3.63, 3.8) is 0 Å². The zero-order valence-corrected chi connectivity index (χ0v) is 13.7. The molecule has 0 aliphatic rings. The predicted molar refractivity (Wildman–Crippen MR) is 81.2 cm³/mol. The molecule has 126 valence electrons. The molecule has 1 aromatic heterocycles. The Bertz CT molecular complexity index is 625. The highest BCUT2D eigenvalue weighted by molar-refractivity contribution is 6.42. The van der Waals surface area contributed by atoms with Gasteiger partial charge in [0.2, 0.25) is 5.88 Å². The van der Waals surface area contributed by atoms with Crippen LogP contribution in [-0.4, -0.2) is 45.7 Å². The SMILES string of the molecule is O=C(O)CCC(NC(=O)COc1nc(Cl)c(Cl)cc1Cl)C(=O)O. The van der Waals surface area contributed by atoms with Gasteiger partial charge in [0.25, 0.3) is 5.91 Å². The molecular formula is C12H11Cl3N2O6. The largest absolute Gasteiger partial charge is 0.481 e. The maximum atomic E-state index is 11.7. The van der Waals surface area contributed by atoms with Crippen molar-refractivity contribution in [3.8, 4) is 5.88 Å². The molecule has 3 N–H and O–H groups in total. The smallest absolute Gasteiger partial charge is 0.326 e. The fourth-order valence-electron chi connectivity index (χ4n) is 1.42. The summed E-state index contributed by atoms with van der Waals surface area (Å²) in [6.07, 6.45) is -0.666. The second-order valence-corrected chi connectivity index (χ2v) is 5.40. The van der Waals surface area contributed by atoms with Gasteiger partial charge in [0.15, 0.2) is 11.8 Å². The van der Waals surface area contributed by atoms with E-state index in [0.29, 0.717) is 0 Å². The molecule has 1 aromatic rings. The third-order valence-electron chi connectivity index (χ3n) is 2.47. The van der Waals surface area contributed by atoms with E-state index in [0.717, 1.165) is 0 Å². The number of nitrogens with one attached hydrogen (secondary N) is 1. The number of carboxylic acids is 2. The molecule has 0 fully saturated rings. The molecule has 0 saturated heterocycles. The number of amides is 1. The molecule has 0 aliphatic heterocycles. The van der Waals surface area contributed by atoms with Gasteiger partial charge in [0.05, 0.1) is 5.02 Å². The van der Waals surface area contributed by atoms with E-state index >= 15 is 0 Å². The summed E-state index contributed by atoms with van der Waals surface area (Å²) in [5.74, 6) is -3.46. The zero-order chi connectivity index (χ0) is 17.6. The number of hydrogen-bond acceptors (Lipinski definition) is 5. The van der Waals surface area contributed by atoms with Gasteiger partial charge in [-0.3, -0.25) is 9.59 Å². The lowest BCUT2D eigenvalue weighted by atomic mass is 10.1. The van der Waals surface area contributed by atoms with Crippen LogP contribution in [0.3, 0.4) is 0 Å². The molecule has 0 saturated carbocycles. The van der Waals surface area contributed by atoms with Crippen LogP contribution in [0.4, 0.5) is 0 Å². The second-order valence-electron chi connectivity index (χ2n) is 4.23. The minimum Gasteiger partial charge on any atom is -0.481 e. The molecule has 1 rings (SSSR count). The van der Waals surface area contributed by atoms with Gasteiger partial charge < -0.3 is 20.3 Å². The number of carboxylic acid groups (broad SMARTS) is 2. The molecule has 1 amide bonds. The standard InChI is InChI=1S/C12H11Cl3N2O6/c13-5-3-6(14)11(17-10(5)15)23-4-8(18)16-7(12(21)22)1-2-9(19)20/h3,7H,1-2,4H2,(H,16,18)(H,19,20)(H,21,22). The highest BCUT2D eigenvalue weighted by atomic mass is 35.5. The van der Waals surface area contributed by atoms with E-state index in [-0.39, 0.29) is 27.5 Å². The van der Waals surface area contributed by atoms with Gasteiger partial charge in [-0.2, -0.15) is 4.98 Å². The van der Waals surface area contributed by atoms with Crippen molar-refractivity contribution in [2.24, 2.45) is 0 Å². The van der Waals surface area contributed by atoms with Gasteiger partial charge in [-0.05, 0) is 12.5 Å². The first kappa shape index (κ1) is 19.3. The van der Waals surface area contributed by atoms with Crippen LogP contribution >= 0.6 is 34.8 Å². The summed E-state index contributed by atoms with van der Waals surface area (Å²) in [4.78, 5) is 36.8. The van der Waals surface area contributed by atoms with E-state index in [9.17, 15) is 14.4 Å². The van der Waals surface area contributed by atoms with Crippen molar-refractivity contribution >= 4 is 52.6 Å². The van der Waals surface area contributed by atoms with Gasteiger partial charge in [-0.15, -0.1) is 0 Å². The van der Waals surface area contributed by atoms with Crippen LogP contribution in [0.5, 0.6) is 5.88 Å². The van der Waals surface area contributed by atoms with Gasteiger partial charge in [-0.25, -0.2) is 4.79 Å². The first-order chi connectivity index (χ1) is 10.7. The van der Waals surface area contributed by atoms with Crippen molar-refractivity contribution in [1.29, 1.82) is 0 Å². The molecule has 8 nitrogen and oxygen atoms in total. The van der Waals surface area contributed by atoms with Crippen molar-refractivity contribution in [3.05, 3.63) is 21.3 Å². The monoisotopic (exact) mass is 384 g/mol. The van der Waals surface area contributed by atoms with Crippen molar-refractivity contribution in [1.82, 2.24) is 10.3 Å². The Balaban J connectivity index is 2.60. The fourth-order valence-corrected chi connectivity index (χ4v) is 1.97. The van der Waals surface area contributed by atoms with E-state index < -0.39 is 36.9 Å². The predicted octanol–water partition coefficient (Wildman–Crippen LogP) is 1.85. The number of aliphatic carboxylic acids is 2. The Labute approximate surface area is 145 Å². The van der Waals surface area contributed by atoms with E-state index in [2.05, 4.69) is 10.3 Å². The summed E-state index contributed by atoms with van der Waals surface area (Å²) < 4.78 is 5.03. The van der Waals surface area contributed by atoms with Crippen LogP contribution in [0.2, 0.25) is 15.2 Å². The summed E-state index contributed by atoms with van der Waals surface area (Å²) in [7, 11) is 0. The van der Waals surface area contributed by atoms with Crippen LogP contribution in [0.1, 0.15) is 12.8 Å². The Hall–Kier alpha value is -1.77. The molecule has 0 bridgehead atoms. The summed E-state index contributed by atoms with van der Waals surface area (Å²) in [6.45, 7) is -0.582. The normalized spacial score (nSPS) is 11.6. The van der Waals surface area contributed by atoms with Crippen LogP contribution in [0.15, 0.2) is 6.07 Å². The number of hydrogen-bond donors (Lipinski definition) is 3. The quantitative estimate of drug-likeness (QED) is 0.583. The summed E-state index contributed by atoms with van der Waals surface area (Å²) in [6, 6.07) is -0.0714. The number of nitrogens with zero attached hydrogens (tertiary/aromatic N) is 1. The summed E-state index contributed by atoms with van der Waals surface area (Å²) in [5, 5.41) is 19.6. The molecule has 0 spiro atoms. The third-order valence-corrected chi connectivity index (χ3v) is 3.42. The number of rotatable bonds is 8. The topological polar surface area (TPSA) is 126 Å². The Morgan fingerprint density at radius 2 is 1.87 bits per heavy atom. The second kappa shape index (κ2) is 8.76. The minimum absolute atomic E-state index is 0.0212. The number of carbonyl (C=O) groups is 3. The van der Waals surface area contributed by atoms with Crippen molar-refractivity contribution in [2.75, 3.05) is 6.61 Å². The first-order valence-electron chi connectivity index (χ1n) is 6.09. The van der Waals surface area contributed by atoms with E-state index in [1.807, 2.05) is 0 Å². The lowest BCUT2D eigenvalue weighted by molar-refractivity contribution is -0.143. The lowest BCUT2D eigenvalue weighted by Crippen LogP contribution is -2.43. The average molecular weight is 386 g/mol. The molecule has 0 aliphatic carbocycles. The van der Waals surface area contributed by atoms with Crippen LogP contribution < -0.4 is 10.1 Å². The number of halogens is 3. The van der Waals surface area contributed by atoms with E-state index in [1.165, 1.54) is 6.07 Å². The number of carbonyl (C=O) groups excluding carboxylic acids is 1. The lowest BCUT2D eigenvalue weighted by Gasteiger charge is -2.14. The Morgan fingerprint density at radius 1 is 1.22 bits per heavy atom. The first-order valence-corrected chi connectivity index (χ1v) is 7.22. The molecule has 1 atom stereocenters. The Morgan fingerprint density at radius 3 is 2.43 bits per heavy atom. The van der Waals surface area contributed by atoms with Crippen molar-refractivity contribution in [2.45, 2.75) is 18.9 Å². The van der Waals surface area contributed by atoms with E-state index in [1.54, 1.807) is 0 Å². The molecule has 23 heavy (non-hydrogen) atoms. The van der Waals surface area contributed by atoms with Gasteiger partial charge in [0.1, 0.15) is 11.1 Å². The van der Waals surface area contributed by atoms with Crippen LogP contribution in [0, 0.1) is 0 Å². The molecule has 1 unspecified atom stereocenters. The fraction of sp³-hybridized carbons (Fsp3) is 0.333. The number of ether oxygens (including phenoxy) is 1. The number of pyridine rings is 1. The summed E-state index contributed by atoms with van der Waals surface area (Å²) in [5.41, 5.74) is 0. The van der Waals surface area contributed by atoms with Gasteiger partial charge in [0, 0.05) is 6.42 Å². The molecule has 11 heteroatoms. The highest BCUT2D eigenvalue weighted by Gasteiger charge is 2.21. The molecule has 0 radical (unpaired) electrons. The molecular weight excluding hydrogens is 374 g/mol. The highest BCUT2D eigenvalue weighted by Crippen LogP contribution is 2.30. The maximum absolute atomic E-state index is 11.7. The van der Waals surface area contributed by atoms with Gasteiger partial charge >= 0.3 is 11.9 Å². The summed E-state index contributed by atoms with van der Waals surface area (Å²) >= 11 is 17.2.